The van der Waals surface area contributed by atoms with Crippen LogP contribution in [-0.2, 0) is 4.74 Å². The normalized spacial score (nSPS) is 34.0. The second-order valence-corrected chi connectivity index (χ2v) is 5.60. The summed E-state index contributed by atoms with van der Waals surface area (Å²) in [5.41, 5.74) is 6.54. The summed E-state index contributed by atoms with van der Waals surface area (Å²) in [6, 6.07) is 0. The Kier molecular flexibility index (Phi) is 3.33. The van der Waals surface area contributed by atoms with Crippen molar-refractivity contribution in [2.45, 2.75) is 44.6 Å². The largest absolute Gasteiger partial charge is 0.379 e. The van der Waals surface area contributed by atoms with Gasteiger partial charge in [-0.05, 0) is 51.1 Å². The Labute approximate surface area is 92.7 Å². The monoisotopic (exact) mass is 212 g/mol. The Hall–Kier alpha value is -0.120. The summed E-state index contributed by atoms with van der Waals surface area (Å²) in [5.74, 6) is 0. The molecule has 0 radical (unpaired) electrons. The van der Waals surface area contributed by atoms with Crippen molar-refractivity contribution in [3.63, 3.8) is 0 Å². The molecule has 0 spiro atoms. The zero-order chi connectivity index (χ0) is 10.8. The van der Waals surface area contributed by atoms with Crippen LogP contribution in [0.3, 0.4) is 0 Å². The van der Waals surface area contributed by atoms with E-state index in [1.165, 1.54) is 25.7 Å². The Morgan fingerprint density at radius 1 is 1.33 bits per heavy atom. The molecule has 3 heteroatoms. The molecule has 15 heavy (non-hydrogen) atoms. The van der Waals surface area contributed by atoms with Gasteiger partial charge in [0.2, 0.25) is 0 Å². The maximum absolute atomic E-state index is 5.84. The maximum atomic E-state index is 5.84. The molecule has 1 heterocycles. The van der Waals surface area contributed by atoms with Gasteiger partial charge >= 0.3 is 0 Å². The summed E-state index contributed by atoms with van der Waals surface area (Å²) in [5, 5.41) is 3.64. The highest BCUT2D eigenvalue weighted by molar-refractivity contribution is 4.91. The van der Waals surface area contributed by atoms with Gasteiger partial charge in [-0.2, -0.15) is 0 Å². The predicted octanol–water partition coefficient (Wildman–Crippen LogP) is 1.27. The van der Waals surface area contributed by atoms with E-state index in [9.17, 15) is 0 Å². The van der Waals surface area contributed by atoms with E-state index in [2.05, 4.69) is 12.2 Å². The van der Waals surface area contributed by atoms with Gasteiger partial charge in [0.1, 0.15) is 0 Å². The van der Waals surface area contributed by atoms with E-state index in [4.69, 9.17) is 10.5 Å². The highest BCUT2D eigenvalue weighted by atomic mass is 16.5. The second kappa shape index (κ2) is 4.40. The molecule has 2 fully saturated rings. The van der Waals surface area contributed by atoms with Crippen LogP contribution in [0.15, 0.2) is 0 Å². The molecule has 0 bridgehead atoms. The molecule has 1 saturated heterocycles. The van der Waals surface area contributed by atoms with Gasteiger partial charge in [-0.1, -0.05) is 6.42 Å². The van der Waals surface area contributed by atoms with Crippen LogP contribution in [0.2, 0.25) is 0 Å². The van der Waals surface area contributed by atoms with Crippen molar-refractivity contribution in [2.75, 3.05) is 26.3 Å². The first-order valence-electron chi connectivity index (χ1n) is 6.21. The Balaban J connectivity index is 1.69. The molecule has 1 atom stereocenters. The fraction of sp³-hybridized carbons (Fsp3) is 1.00. The Morgan fingerprint density at radius 2 is 2.13 bits per heavy atom. The molecule has 1 saturated carbocycles. The smallest absolute Gasteiger partial charge is 0.0646 e. The van der Waals surface area contributed by atoms with Crippen LogP contribution in [0.4, 0.5) is 0 Å². The molecule has 2 aliphatic rings. The molecule has 1 aliphatic carbocycles. The van der Waals surface area contributed by atoms with E-state index in [-0.39, 0.29) is 5.54 Å². The molecule has 2 rings (SSSR count). The standard InChI is InChI=1S/C12H24N2O/c1-11(6-8-15-10-11)14-7-5-12(9-13)3-2-4-12/h14H,2-10,13H2,1H3. The summed E-state index contributed by atoms with van der Waals surface area (Å²) >= 11 is 0. The molecular weight excluding hydrogens is 188 g/mol. The SMILES string of the molecule is CC1(NCCC2(CN)CCC2)CCOC1. The van der Waals surface area contributed by atoms with Crippen molar-refractivity contribution >= 4 is 0 Å². The summed E-state index contributed by atoms with van der Waals surface area (Å²) in [6.45, 7) is 5.99. The van der Waals surface area contributed by atoms with Crippen LogP contribution in [0, 0.1) is 5.41 Å². The molecule has 3 N–H and O–H groups in total. The molecule has 3 nitrogen and oxygen atoms in total. The van der Waals surface area contributed by atoms with Crippen LogP contribution in [-0.4, -0.2) is 31.8 Å². The molecule has 0 amide bonds. The summed E-state index contributed by atoms with van der Waals surface area (Å²) in [6.07, 6.45) is 6.41. The van der Waals surface area contributed by atoms with Crippen molar-refractivity contribution in [1.29, 1.82) is 0 Å². The third-order valence-electron chi connectivity index (χ3n) is 4.27. The van der Waals surface area contributed by atoms with Crippen LogP contribution in [0.25, 0.3) is 0 Å². The maximum Gasteiger partial charge on any atom is 0.0646 e. The molecule has 0 aromatic carbocycles. The van der Waals surface area contributed by atoms with Gasteiger partial charge in [0.15, 0.2) is 0 Å². The fourth-order valence-electron chi connectivity index (χ4n) is 2.67. The Morgan fingerprint density at radius 3 is 2.60 bits per heavy atom. The lowest BCUT2D eigenvalue weighted by Gasteiger charge is -2.42. The fourth-order valence-corrected chi connectivity index (χ4v) is 2.67. The highest BCUT2D eigenvalue weighted by Crippen LogP contribution is 2.42. The number of hydrogen-bond donors (Lipinski definition) is 2. The molecule has 88 valence electrons. The minimum absolute atomic E-state index is 0.222. The van der Waals surface area contributed by atoms with Crippen LogP contribution < -0.4 is 11.1 Å². The van der Waals surface area contributed by atoms with E-state index >= 15 is 0 Å². The lowest BCUT2D eigenvalue weighted by Crippen LogP contribution is -2.46. The highest BCUT2D eigenvalue weighted by Gasteiger charge is 2.36. The van der Waals surface area contributed by atoms with Gasteiger partial charge in [0.25, 0.3) is 0 Å². The zero-order valence-corrected chi connectivity index (χ0v) is 9.85. The number of hydrogen-bond acceptors (Lipinski definition) is 3. The summed E-state index contributed by atoms with van der Waals surface area (Å²) < 4.78 is 5.42. The molecule has 0 aromatic heterocycles. The van der Waals surface area contributed by atoms with Crippen LogP contribution >= 0.6 is 0 Å². The van der Waals surface area contributed by atoms with Crippen molar-refractivity contribution < 1.29 is 4.74 Å². The summed E-state index contributed by atoms with van der Waals surface area (Å²) in [4.78, 5) is 0. The third-order valence-corrected chi connectivity index (χ3v) is 4.27. The van der Waals surface area contributed by atoms with Gasteiger partial charge < -0.3 is 15.8 Å². The Bertz CT molecular complexity index is 200. The number of rotatable bonds is 5. The van der Waals surface area contributed by atoms with Gasteiger partial charge in [0.05, 0.1) is 6.61 Å². The predicted molar refractivity (Wildman–Crippen MR) is 61.8 cm³/mol. The average molecular weight is 212 g/mol. The lowest BCUT2D eigenvalue weighted by molar-refractivity contribution is 0.122. The van der Waals surface area contributed by atoms with E-state index in [0.29, 0.717) is 5.41 Å². The second-order valence-electron chi connectivity index (χ2n) is 5.60. The van der Waals surface area contributed by atoms with Gasteiger partial charge in [-0.15, -0.1) is 0 Å². The lowest BCUT2D eigenvalue weighted by atomic mass is 9.66. The van der Waals surface area contributed by atoms with E-state index in [1.807, 2.05) is 0 Å². The van der Waals surface area contributed by atoms with Gasteiger partial charge in [-0.25, -0.2) is 0 Å². The molecular formula is C12H24N2O. The van der Waals surface area contributed by atoms with E-state index < -0.39 is 0 Å². The minimum atomic E-state index is 0.222. The van der Waals surface area contributed by atoms with E-state index in [1.54, 1.807) is 0 Å². The van der Waals surface area contributed by atoms with Crippen molar-refractivity contribution in [1.82, 2.24) is 5.32 Å². The van der Waals surface area contributed by atoms with Crippen molar-refractivity contribution in [3.8, 4) is 0 Å². The summed E-state index contributed by atoms with van der Waals surface area (Å²) in [7, 11) is 0. The number of nitrogens with two attached hydrogens (primary N) is 1. The van der Waals surface area contributed by atoms with Crippen LogP contribution in [0.1, 0.15) is 39.0 Å². The van der Waals surface area contributed by atoms with Crippen molar-refractivity contribution in [3.05, 3.63) is 0 Å². The first-order valence-corrected chi connectivity index (χ1v) is 6.21. The first kappa shape index (κ1) is 11.4. The van der Waals surface area contributed by atoms with Crippen molar-refractivity contribution in [2.24, 2.45) is 11.1 Å². The molecule has 0 aromatic rings. The first-order chi connectivity index (χ1) is 7.18. The van der Waals surface area contributed by atoms with Gasteiger partial charge in [0, 0.05) is 12.1 Å². The van der Waals surface area contributed by atoms with E-state index in [0.717, 1.165) is 32.7 Å². The third kappa shape index (κ3) is 2.52. The molecule has 1 unspecified atom stereocenters. The minimum Gasteiger partial charge on any atom is -0.379 e. The number of nitrogens with one attached hydrogen (secondary N) is 1. The number of ether oxygens (including phenoxy) is 1. The quantitative estimate of drug-likeness (QED) is 0.721. The topological polar surface area (TPSA) is 47.3 Å². The van der Waals surface area contributed by atoms with Crippen LogP contribution in [0.5, 0.6) is 0 Å². The zero-order valence-electron chi connectivity index (χ0n) is 9.85. The van der Waals surface area contributed by atoms with Gasteiger partial charge in [-0.3, -0.25) is 0 Å². The molecule has 1 aliphatic heterocycles. The average Bonchev–Trinajstić information content (AvgIpc) is 2.58.